The van der Waals surface area contributed by atoms with E-state index in [-0.39, 0.29) is 12.1 Å². The second-order valence-corrected chi connectivity index (χ2v) is 8.26. The summed E-state index contributed by atoms with van der Waals surface area (Å²) in [6.45, 7) is 7.10. The molecular weight excluding hydrogens is 338 g/mol. The molecule has 2 aliphatic rings. The van der Waals surface area contributed by atoms with E-state index in [1.54, 1.807) is 0 Å². The van der Waals surface area contributed by atoms with Crippen LogP contribution in [0.2, 0.25) is 0 Å². The number of rotatable bonds is 6. The average molecular weight is 374 g/mol. The SMILES string of the molecule is CC(C)N1CCC(NC(=O)NCc2cccc(OC3CCCCC3)c2)CC1. The first-order chi connectivity index (χ1) is 13.1. The largest absolute Gasteiger partial charge is 0.490 e. The molecule has 1 aliphatic carbocycles. The highest BCUT2D eigenvalue weighted by Gasteiger charge is 2.22. The van der Waals surface area contributed by atoms with E-state index in [1.165, 1.54) is 19.3 Å². The second-order valence-electron chi connectivity index (χ2n) is 8.26. The summed E-state index contributed by atoms with van der Waals surface area (Å²) in [6.07, 6.45) is 8.56. The molecule has 2 fully saturated rings. The zero-order valence-corrected chi connectivity index (χ0v) is 16.9. The first-order valence-electron chi connectivity index (χ1n) is 10.6. The third kappa shape index (κ3) is 6.42. The minimum Gasteiger partial charge on any atom is -0.490 e. The zero-order valence-electron chi connectivity index (χ0n) is 16.9. The summed E-state index contributed by atoms with van der Waals surface area (Å²) in [5.41, 5.74) is 1.08. The molecular formula is C22H35N3O2. The lowest BCUT2D eigenvalue weighted by Gasteiger charge is -2.34. The molecule has 0 aromatic heterocycles. The number of likely N-dealkylation sites (tertiary alicyclic amines) is 1. The monoisotopic (exact) mass is 373 g/mol. The highest BCUT2D eigenvalue weighted by molar-refractivity contribution is 5.74. The van der Waals surface area contributed by atoms with Crippen LogP contribution in [0.15, 0.2) is 24.3 Å². The predicted octanol–water partition coefficient (Wildman–Crippen LogP) is 4.07. The van der Waals surface area contributed by atoms with Crippen molar-refractivity contribution in [1.82, 2.24) is 15.5 Å². The van der Waals surface area contributed by atoms with Gasteiger partial charge in [-0.1, -0.05) is 18.6 Å². The number of hydrogen-bond acceptors (Lipinski definition) is 3. The van der Waals surface area contributed by atoms with Gasteiger partial charge in [-0.15, -0.1) is 0 Å². The lowest BCUT2D eigenvalue weighted by Crippen LogP contribution is -2.49. The van der Waals surface area contributed by atoms with Crippen molar-refractivity contribution in [1.29, 1.82) is 0 Å². The summed E-state index contributed by atoms with van der Waals surface area (Å²) >= 11 is 0. The second kappa shape index (κ2) is 9.98. The topological polar surface area (TPSA) is 53.6 Å². The lowest BCUT2D eigenvalue weighted by atomic mass is 9.98. The first-order valence-corrected chi connectivity index (χ1v) is 10.6. The number of carbonyl (C=O) groups excluding carboxylic acids is 1. The Morgan fingerprint density at radius 1 is 1.15 bits per heavy atom. The van der Waals surface area contributed by atoms with Gasteiger partial charge in [-0.05, 0) is 70.1 Å². The van der Waals surface area contributed by atoms with Gasteiger partial charge in [0.15, 0.2) is 0 Å². The molecule has 0 unspecified atom stereocenters. The van der Waals surface area contributed by atoms with E-state index in [0.29, 0.717) is 18.7 Å². The normalized spacial score (nSPS) is 19.8. The molecule has 27 heavy (non-hydrogen) atoms. The minimum atomic E-state index is -0.0726. The van der Waals surface area contributed by atoms with Gasteiger partial charge in [0.05, 0.1) is 6.10 Å². The molecule has 2 N–H and O–H groups in total. The molecule has 2 amide bonds. The molecule has 0 spiro atoms. The van der Waals surface area contributed by atoms with E-state index >= 15 is 0 Å². The van der Waals surface area contributed by atoms with Crippen LogP contribution in [0.4, 0.5) is 4.79 Å². The smallest absolute Gasteiger partial charge is 0.315 e. The Balaban J connectivity index is 1.40. The minimum absolute atomic E-state index is 0.0726. The van der Waals surface area contributed by atoms with Crippen molar-refractivity contribution in [3.8, 4) is 5.75 Å². The molecule has 0 bridgehead atoms. The van der Waals surface area contributed by atoms with E-state index in [1.807, 2.05) is 18.2 Å². The van der Waals surface area contributed by atoms with Crippen LogP contribution in [-0.4, -0.2) is 42.2 Å². The maximum atomic E-state index is 12.2. The predicted molar refractivity (Wildman–Crippen MR) is 109 cm³/mol. The molecule has 1 heterocycles. The van der Waals surface area contributed by atoms with E-state index < -0.39 is 0 Å². The number of nitrogens with one attached hydrogen (secondary N) is 2. The van der Waals surface area contributed by atoms with Crippen LogP contribution >= 0.6 is 0 Å². The fourth-order valence-electron chi connectivity index (χ4n) is 4.08. The molecule has 1 saturated carbocycles. The maximum absolute atomic E-state index is 12.2. The standard InChI is InChI=1S/C22H35N3O2/c1-17(2)25-13-11-19(12-14-25)24-22(26)23-16-18-7-6-10-21(15-18)27-20-8-4-3-5-9-20/h6-7,10,15,17,19-20H,3-5,8-9,11-14,16H2,1-2H3,(H2,23,24,26). The molecule has 1 aromatic carbocycles. The third-order valence-electron chi connectivity index (χ3n) is 5.80. The summed E-state index contributed by atoms with van der Waals surface area (Å²) in [4.78, 5) is 14.7. The number of urea groups is 1. The van der Waals surface area contributed by atoms with Gasteiger partial charge in [0, 0.05) is 31.7 Å². The Hall–Kier alpha value is -1.75. The van der Waals surface area contributed by atoms with Crippen LogP contribution in [0.1, 0.15) is 64.4 Å². The fourth-order valence-corrected chi connectivity index (χ4v) is 4.08. The summed E-state index contributed by atoms with van der Waals surface area (Å²) < 4.78 is 6.12. The van der Waals surface area contributed by atoms with Crippen molar-refractivity contribution in [2.75, 3.05) is 13.1 Å². The number of benzene rings is 1. The molecule has 0 atom stereocenters. The Morgan fingerprint density at radius 2 is 1.89 bits per heavy atom. The maximum Gasteiger partial charge on any atom is 0.315 e. The van der Waals surface area contributed by atoms with E-state index in [2.05, 4.69) is 35.4 Å². The van der Waals surface area contributed by atoms with Gasteiger partial charge in [-0.2, -0.15) is 0 Å². The van der Waals surface area contributed by atoms with Gasteiger partial charge in [-0.25, -0.2) is 4.79 Å². The van der Waals surface area contributed by atoms with Crippen LogP contribution in [0.25, 0.3) is 0 Å². The molecule has 150 valence electrons. The third-order valence-corrected chi connectivity index (χ3v) is 5.80. The molecule has 1 aromatic rings. The van der Waals surface area contributed by atoms with Gasteiger partial charge < -0.3 is 20.3 Å². The van der Waals surface area contributed by atoms with Gasteiger partial charge >= 0.3 is 6.03 Å². The molecule has 0 radical (unpaired) electrons. The average Bonchev–Trinajstić information content (AvgIpc) is 2.68. The Labute approximate surface area is 163 Å². The number of ether oxygens (including phenoxy) is 1. The Kier molecular flexibility index (Phi) is 7.39. The van der Waals surface area contributed by atoms with Crippen LogP contribution in [0.3, 0.4) is 0 Å². The molecule has 3 rings (SSSR count). The van der Waals surface area contributed by atoms with Crippen molar-refractivity contribution < 1.29 is 9.53 Å². The van der Waals surface area contributed by atoms with Crippen LogP contribution in [-0.2, 0) is 6.54 Å². The number of nitrogens with zero attached hydrogens (tertiary/aromatic N) is 1. The first kappa shape index (κ1) is 20.0. The summed E-state index contributed by atoms with van der Waals surface area (Å²) in [6, 6.07) is 8.90. The molecule has 1 saturated heterocycles. The summed E-state index contributed by atoms with van der Waals surface area (Å²) in [5.74, 6) is 0.919. The van der Waals surface area contributed by atoms with Crippen molar-refractivity contribution in [3.63, 3.8) is 0 Å². The highest BCUT2D eigenvalue weighted by atomic mass is 16.5. The summed E-state index contributed by atoms with van der Waals surface area (Å²) in [5, 5.41) is 6.11. The number of carbonyl (C=O) groups is 1. The zero-order chi connectivity index (χ0) is 19.1. The highest BCUT2D eigenvalue weighted by Crippen LogP contribution is 2.24. The van der Waals surface area contributed by atoms with Crippen molar-refractivity contribution in [2.24, 2.45) is 0 Å². The van der Waals surface area contributed by atoms with Crippen LogP contribution < -0.4 is 15.4 Å². The van der Waals surface area contributed by atoms with Gasteiger partial charge in [-0.3, -0.25) is 0 Å². The fraction of sp³-hybridized carbons (Fsp3) is 0.682. The van der Waals surface area contributed by atoms with Gasteiger partial charge in [0.25, 0.3) is 0 Å². The lowest BCUT2D eigenvalue weighted by molar-refractivity contribution is 0.155. The molecule has 1 aliphatic heterocycles. The Bertz CT molecular complexity index is 591. The Morgan fingerprint density at radius 3 is 2.59 bits per heavy atom. The van der Waals surface area contributed by atoms with Gasteiger partial charge in [0.1, 0.15) is 5.75 Å². The molecule has 5 heteroatoms. The van der Waals surface area contributed by atoms with E-state index in [9.17, 15) is 4.79 Å². The number of piperidine rings is 1. The van der Waals surface area contributed by atoms with Crippen molar-refractivity contribution in [3.05, 3.63) is 29.8 Å². The van der Waals surface area contributed by atoms with E-state index in [0.717, 1.165) is 50.1 Å². The number of hydrogen-bond donors (Lipinski definition) is 2. The quantitative estimate of drug-likeness (QED) is 0.790. The van der Waals surface area contributed by atoms with Crippen molar-refractivity contribution in [2.45, 2.75) is 83.5 Å². The van der Waals surface area contributed by atoms with Crippen LogP contribution in [0.5, 0.6) is 5.75 Å². The number of amides is 2. The van der Waals surface area contributed by atoms with Crippen LogP contribution in [0, 0.1) is 0 Å². The molecule has 5 nitrogen and oxygen atoms in total. The summed E-state index contributed by atoms with van der Waals surface area (Å²) in [7, 11) is 0. The van der Waals surface area contributed by atoms with Crippen molar-refractivity contribution >= 4 is 6.03 Å². The van der Waals surface area contributed by atoms with Gasteiger partial charge in [0.2, 0.25) is 0 Å². The van der Waals surface area contributed by atoms with E-state index in [4.69, 9.17) is 4.74 Å².